The maximum atomic E-state index is 2.68. The molecular weight excluding hydrogens is 655 g/mol. The molecule has 0 saturated heterocycles. The van der Waals surface area contributed by atoms with Crippen molar-refractivity contribution in [1.82, 2.24) is 0 Å². The molecule has 0 aliphatic carbocycles. The van der Waals surface area contributed by atoms with Crippen LogP contribution in [0.15, 0.2) is 170 Å². The zero-order chi connectivity index (χ0) is 32.3. The van der Waals surface area contributed by atoms with Gasteiger partial charge >= 0.3 is 289 Å². The van der Waals surface area contributed by atoms with E-state index in [2.05, 4.69) is 190 Å². The van der Waals surface area contributed by atoms with Crippen LogP contribution in [-0.4, -0.2) is 13.3 Å². The molecule has 8 aromatic rings. The van der Waals surface area contributed by atoms with Crippen molar-refractivity contribution < 1.29 is 0 Å². The number of nitrogens with zero attached hydrogens (tertiary/aromatic N) is 3. The van der Waals surface area contributed by atoms with Crippen LogP contribution in [0.5, 0.6) is 0 Å². The molecular formula is C45H31GeN3. The molecule has 0 bridgehead atoms. The second kappa shape index (κ2) is 9.88. The number of rotatable bonds is 3. The Morgan fingerprint density at radius 2 is 0.735 bits per heavy atom. The van der Waals surface area contributed by atoms with Gasteiger partial charge in [0.25, 0.3) is 0 Å². The van der Waals surface area contributed by atoms with Gasteiger partial charge < -0.3 is 0 Å². The van der Waals surface area contributed by atoms with E-state index in [0.717, 1.165) is 0 Å². The zero-order valence-corrected chi connectivity index (χ0v) is 29.1. The van der Waals surface area contributed by atoms with E-state index in [-0.39, 0.29) is 0 Å². The normalized spacial score (nSPS) is 14.7. The van der Waals surface area contributed by atoms with Gasteiger partial charge in [-0.2, -0.15) is 0 Å². The molecule has 0 spiro atoms. The van der Waals surface area contributed by atoms with E-state index in [4.69, 9.17) is 0 Å². The Morgan fingerprint density at radius 3 is 1.18 bits per heavy atom. The summed E-state index contributed by atoms with van der Waals surface area (Å²) < 4.78 is 4.59. The molecule has 49 heavy (non-hydrogen) atoms. The molecule has 4 heteroatoms. The quantitative estimate of drug-likeness (QED) is 0.171. The number of para-hydroxylation sites is 3. The van der Waals surface area contributed by atoms with E-state index in [1.54, 1.807) is 0 Å². The third kappa shape index (κ3) is 3.47. The first-order chi connectivity index (χ1) is 24.2. The molecule has 0 amide bonds. The van der Waals surface area contributed by atoms with Crippen molar-refractivity contribution in [2.45, 2.75) is 5.76 Å². The number of benzene rings is 8. The minimum atomic E-state index is -3.48. The molecule has 230 valence electrons. The monoisotopic (exact) mass is 687 g/mol. The van der Waals surface area contributed by atoms with Gasteiger partial charge in [0.1, 0.15) is 0 Å². The van der Waals surface area contributed by atoms with Gasteiger partial charge in [0, 0.05) is 0 Å². The first kappa shape index (κ1) is 27.2. The fourth-order valence-corrected chi connectivity index (χ4v) is 19.6. The summed E-state index contributed by atoms with van der Waals surface area (Å²) in [5.74, 6) is 2.68. The van der Waals surface area contributed by atoms with Gasteiger partial charge in [0.05, 0.1) is 0 Å². The summed E-state index contributed by atoms with van der Waals surface area (Å²) in [5, 5.41) is 5.12. The van der Waals surface area contributed by atoms with Crippen LogP contribution in [0.3, 0.4) is 0 Å². The van der Waals surface area contributed by atoms with Crippen LogP contribution >= 0.6 is 0 Å². The summed E-state index contributed by atoms with van der Waals surface area (Å²) in [5.41, 5.74) is 11.5. The molecule has 3 nitrogen and oxygen atoms in total. The Balaban J connectivity index is 1.42. The van der Waals surface area contributed by atoms with Crippen molar-refractivity contribution in [2.75, 3.05) is 14.7 Å². The van der Waals surface area contributed by atoms with Crippen LogP contribution in [0.1, 0.15) is 0 Å². The fourth-order valence-electron chi connectivity index (χ4n) is 9.14. The zero-order valence-electron chi connectivity index (χ0n) is 27.0. The van der Waals surface area contributed by atoms with Crippen molar-refractivity contribution in [2.24, 2.45) is 0 Å². The van der Waals surface area contributed by atoms with Crippen LogP contribution in [0, 0.1) is 0 Å². The van der Waals surface area contributed by atoms with Crippen molar-refractivity contribution >= 4 is 99.2 Å². The maximum absolute atomic E-state index is 3.48. The molecule has 0 fully saturated rings. The molecule has 0 N–H and O–H groups in total. The second-order valence-electron chi connectivity index (χ2n) is 13.5. The molecule has 0 radical (unpaired) electrons. The molecule has 11 rings (SSSR count). The first-order valence-corrected chi connectivity index (χ1v) is 22.3. The van der Waals surface area contributed by atoms with E-state index in [9.17, 15) is 0 Å². The van der Waals surface area contributed by atoms with E-state index in [0.29, 0.717) is 0 Å². The molecule has 0 unspecified atom stereocenters. The second-order valence-corrected chi connectivity index (χ2v) is 21.4. The Morgan fingerprint density at radius 1 is 0.347 bits per heavy atom. The predicted molar refractivity (Wildman–Crippen MR) is 210 cm³/mol. The van der Waals surface area contributed by atoms with Crippen molar-refractivity contribution in [1.29, 1.82) is 0 Å². The van der Waals surface area contributed by atoms with Crippen LogP contribution in [0.4, 0.5) is 51.2 Å². The van der Waals surface area contributed by atoms with Gasteiger partial charge in [-0.1, -0.05) is 0 Å². The summed E-state index contributed by atoms with van der Waals surface area (Å²) in [6.07, 6.45) is 0. The molecule has 0 atom stereocenters. The number of hydrogen-bond acceptors (Lipinski definition) is 3. The molecule has 3 aliphatic rings. The fraction of sp³-hybridized carbons (Fsp3) is 0.0222. The van der Waals surface area contributed by atoms with Crippen molar-refractivity contribution in [3.05, 3.63) is 170 Å². The third-order valence-corrected chi connectivity index (χ3v) is 20.4. The molecule has 3 aliphatic heterocycles. The summed E-state index contributed by atoms with van der Waals surface area (Å²) in [4.78, 5) is 7.74. The Bertz CT molecular complexity index is 2480. The first-order valence-electron chi connectivity index (χ1n) is 17.0. The van der Waals surface area contributed by atoms with Crippen LogP contribution in [0.25, 0.3) is 21.5 Å². The van der Waals surface area contributed by atoms with Gasteiger partial charge in [0.2, 0.25) is 0 Å². The van der Waals surface area contributed by atoms with Crippen LogP contribution in [-0.2, 0) is 0 Å². The van der Waals surface area contributed by atoms with Crippen molar-refractivity contribution in [3.63, 3.8) is 0 Å². The molecule has 0 aromatic heterocycles. The van der Waals surface area contributed by atoms with Crippen molar-refractivity contribution in [3.8, 4) is 0 Å². The Labute approximate surface area is 288 Å². The number of hydrogen-bond donors (Lipinski definition) is 0. The van der Waals surface area contributed by atoms with Crippen LogP contribution in [0.2, 0.25) is 5.76 Å². The minimum absolute atomic E-state index is 1.19. The van der Waals surface area contributed by atoms with Gasteiger partial charge in [-0.3, -0.25) is 0 Å². The average molecular weight is 686 g/mol. The Kier molecular flexibility index (Phi) is 5.48. The summed E-state index contributed by atoms with van der Waals surface area (Å²) in [6, 6.07) is 63.0. The van der Waals surface area contributed by atoms with Gasteiger partial charge in [-0.05, 0) is 0 Å². The molecule has 0 saturated carbocycles. The van der Waals surface area contributed by atoms with Gasteiger partial charge in [0.15, 0.2) is 0 Å². The molecule has 8 aromatic carbocycles. The van der Waals surface area contributed by atoms with E-state index in [1.807, 2.05) is 0 Å². The standard InChI is InChI=1S/C45H31GeN3/c1-46-41-37-26-15-27-38(41)48(33-20-7-3-8-21-33)40-29-31-17-12-14-25-36(31)45(43(40)46)49(34-22-9-4-10-23-34)44-35-24-13-11-16-30(35)28-39(42(44)46)47(37)32-18-5-2-6-19-32/h2-29H,1H3. The van der Waals surface area contributed by atoms with Gasteiger partial charge in [-0.25, -0.2) is 0 Å². The number of fused-ring (bicyclic) bond motifs is 4. The van der Waals surface area contributed by atoms with E-state index < -0.39 is 13.3 Å². The summed E-state index contributed by atoms with van der Waals surface area (Å²) in [7, 11) is 0. The predicted octanol–water partition coefficient (Wildman–Crippen LogP) is 10.4. The summed E-state index contributed by atoms with van der Waals surface area (Å²) in [6.45, 7) is 0. The van der Waals surface area contributed by atoms with Gasteiger partial charge in [-0.15, -0.1) is 0 Å². The Hall–Kier alpha value is -5.78. The van der Waals surface area contributed by atoms with E-state index in [1.165, 1.54) is 85.9 Å². The topological polar surface area (TPSA) is 9.72 Å². The SMILES string of the molecule is [CH3][Ge]12[c]3c4cccc3N(c3ccccc3)c3cc5ccccc5c([c]31)N(c1ccccc1)c1[c]2c(cc2ccccc12)N4c1ccccc1. The van der Waals surface area contributed by atoms with E-state index >= 15 is 0 Å². The number of anilines is 9. The molecule has 3 heterocycles. The average Bonchev–Trinajstić information content (AvgIpc) is 3.16. The third-order valence-electron chi connectivity index (χ3n) is 11.0. The summed E-state index contributed by atoms with van der Waals surface area (Å²) >= 11 is -3.48. The van der Waals surface area contributed by atoms with Crippen LogP contribution < -0.4 is 27.9 Å².